The number of halogens is 1. The Morgan fingerprint density at radius 2 is 1.89 bits per heavy atom. The Morgan fingerprint density at radius 3 is 2.66 bits per heavy atom. The van der Waals surface area contributed by atoms with Gasteiger partial charge in [0.1, 0.15) is 6.04 Å². The Hall–Kier alpha value is -2.99. The fourth-order valence-electron chi connectivity index (χ4n) is 4.41. The van der Waals surface area contributed by atoms with Crippen LogP contribution in [0.15, 0.2) is 36.4 Å². The number of rotatable bonds is 8. The van der Waals surface area contributed by atoms with Crippen molar-refractivity contribution < 1.29 is 24.3 Å². The molecule has 0 aromatic heterocycles. The monoisotopic (exact) mass is 590 g/mol. The first-order valence-electron chi connectivity index (χ1n) is 11.5. The lowest BCUT2D eigenvalue weighted by atomic mass is 10.0. The number of unbranched alkanes of at least 4 members (excludes halogenated alkanes) is 1. The Bertz CT molecular complexity index is 1180. The minimum Gasteiger partial charge on any atom is -0.384 e. The van der Waals surface area contributed by atoms with Crippen molar-refractivity contribution in [3.8, 4) is 0 Å². The van der Waals surface area contributed by atoms with E-state index in [1.807, 2.05) is 25.1 Å². The summed E-state index contributed by atoms with van der Waals surface area (Å²) in [6.07, 6.45) is 0.547. The third kappa shape index (κ3) is 5.18. The van der Waals surface area contributed by atoms with Crippen LogP contribution in [0.4, 0.5) is 5.69 Å². The molecule has 4 rings (SSSR count). The van der Waals surface area contributed by atoms with Crippen molar-refractivity contribution in [1.29, 1.82) is 0 Å². The Balaban J connectivity index is 1.31. The van der Waals surface area contributed by atoms with Crippen molar-refractivity contribution in [3.05, 3.63) is 62.2 Å². The maximum Gasteiger partial charge on any atom is 0.259 e. The lowest BCUT2D eigenvalue weighted by Gasteiger charge is -2.31. The molecule has 0 aliphatic carbocycles. The minimum absolute atomic E-state index is 0.0972. The van der Waals surface area contributed by atoms with Gasteiger partial charge in [-0.05, 0) is 66.5 Å². The highest BCUT2D eigenvalue weighted by Crippen LogP contribution is 2.38. The van der Waals surface area contributed by atoms with E-state index in [1.54, 1.807) is 18.2 Å². The second-order valence-electron chi connectivity index (χ2n) is 8.65. The van der Waals surface area contributed by atoms with Gasteiger partial charge in [-0.3, -0.25) is 29.4 Å². The molecule has 4 amide bonds. The molecule has 9 nitrogen and oxygen atoms in total. The highest BCUT2D eigenvalue weighted by atomic mass is 127. The summed E-state index contributed by atoms with van der Waals surface area (Å²) < 4.78 is 0.945. The first-order valence-corrected chi connectivity index (χ1v) is 12.6. The van der Waals surface area contributed by atoms with Crippen LogP contribution in [0.2, 0.25) is 0 Å². The predicted molar refractivity (Wildman–Crippen MR) is 138 cm³/mol. The molecule has 2 unspecified atom stereocenters. The lowest BCUT2D eigenvalue weighted by molar-refractivity contribution is -0.139. The number of aliphatic hydroxyl groups is 1. The number of carbonyl (C=O) groups excluding carboxylic acids is 4. The number of benzene rings is 2. The Kier molecular flexibility index (Phi) is 7.70. The van der Waals surface area contributed by atoms with Crippen LogP contribution in [0.25, 0.3) is 0 Å². The van der Waals surface area contributed by atoms with Gasteiger partial charge in [-0.15, -0.1) is 0 Å². The van der Waals surface area contributed by atoms with E-state index in [-0.39, 0.29) is 24.7 Å². The van der Waals surface area contributed by atoms with Crippen LogP contribution >= 0.6 is 22.6 Å². The third-order valence-electron chi connectivity index (χ3n) is 6.27. The molecule has 0 radical (unpaired) electrons. The molecule has 2 atom stereocenters. The first kappa shape index (κ1) is 25.1. The Morgan fingerprint density at radius 1 is 1.14 bits per heavy atom. The maximum absolute atomic E-state index is 13.2. The number of nitrogens with one attached hydrogen (secondary N) is 3. The summed E-state index contributed by atoms with van der Waals surface area (Å²) in [5, 5.41) is 19.2. The molecule has 2 aromatic carbocycles. The van der Waals surface area contributed by atoms with Gasteiger partial charge in [0.25, 0.3) is 11.8 Å². The number of piperidine rings is 1. The number of fused-ring (bicyclic) bond motifs is 1. The SMILES string of the molecule is Cc1cccc(C(=O)NCCCCNc2cccc3c2C(=O)N(C2CCC(=O)NC2=O)C3O)c1I. The van der Waals surface area contributed by atoms with Crippen LogP contribution in [-0.2, 0) is 9.59 Å². The fraction of sp³-hybridized carbons (Fsp3) is 0.360. The summed E-state index contributed by atoms with van der Waals surface area (Å²) in [5.41, 5.74) is 3.09. The van der Waals surface area contributed by atoms with Crippen molar-refractivity contribution in [3.63, 3.8) is 0 Å². The molecule has 184 valence electrons. The van der Waals surface area contributed by atoms with Gasteiger partial charge in [-0.2, -0.15) is 0 Å². The first-order chi connectivity index (χ1) is 16.8. The van der Waals surface area contributed by atoms with E-state index < -0.39 is 24.1 Å². The Labute approximate surface area is 216 Å². The number of hydrogen-bond acceptors (Lipinski definition) is 6. The molecule has 2 aliphatic heterocycles. The van der Waals surface area contributed by atoms with Crippen LogP contribution in [0.1, 0.15) is 63.8 Å². The van der Waals surface area contributed by atoms with Crippen LogP contribution < -0.4 is 16.0 Å². The zero-order valence-electron chi connectivity index (χ0n) is 19.3. The summed E-state index contributed by atoms with van der Waals surface area (Å²) in [4.78, 5) is 50.5. The van der Waals surface area contributed by atoms with Crippen LogP contribution in [0.5, 0.6) is 0 Å². The van der Waals surface area contributed by atoms with Gasteiger partial charge in [0.05, 0.1) is 11.1 Å². The lowest BCUT2D eigenvalue weighted by Crippen LogP contribution is -2.53. The number of anilines is 1. The molecule has 1 fully saturated rings. The van der Waals surface area contributed by atoms with Gasteiger partial charge in [0.15, 0.2) is 6.23 Å². The molecule has 10 heteroatoms. The molecule has 2 aromatic rings. The number of aliphatic hydroxyl groups excluding tert-OH is 1. The highest BCUT2D eigenvalue weighted by Gasteiger charge is 2.45. The van der Waals surface area contributed by atoms with Crippen molar-refractivity contribution in [2.45, 2.75) is 44.9 Å². The molecule has 2 aliphatic rings. The quantitative estimate of drug-likeness (QED) is 0.213. The fourth-order valence-corrected chi connectivity index (χ4v) is 5.02. The van der Waals surface area contributed by atoms with Gasteiger partial charge >= 0.3 is 0 Å². The van der Waals surface area contributed by atoms with Crippen molar-refractivity contribution in [1.82, 2.24) is 15.5 Å². The molecular formula is C25H27IN4O5. The molecule has 4 N–H and O–H groups in total. The van der Waals surface area contributed by atoms with E-state index in [0.717, 1.165) is 26.9 Å². The molecular weight excluding hydrogens is 563 g/mol. The number of nitrogens with zero attached hydrogens (tertiary/aromatic N) is 1. The van der Waals surface area contributed by atoms with Crippen molar-refractivity contribution in [2.24, 2.45) is 0 Å². The summed E-state index contributed by atoms with van der Waals surface area (Å²) in [7, 11) is 0. The summed E-state index contributed by atoms with van der Waals surface area (Å²) in [6, 6.07) is 9.93. The summed E-state index contributed by atoms with van der Waals surface area (Å²) in [6.45, 7) is 3.06. The normalized spacial score (nSPS) is 19.4. The smallest absolute Gasteiger partial charge is 0.259 e. The van der Waals surface area contributed by atoms with Gasteiger partial charge < -0.3 is 15.7 Å². The zero-order chi connectivity index (χ0) is 25.1. The van der Waals surface area contributed by atoms with Gasteiger partial charge in [-0.1, -0.05) is 24.3 Å². The van der Waals surface area contributed by atoms with E-state index in [2.05, 4.69) is 38.5 Å². The number of hydrogen-bond donors (Lipinski definition) is 4. The maximum atomic E-state index is 13.2. The summed E-state index contributed by atoms with van der Waals surface area (Å²) >= 11 is 2.18. The molecule has 0 spiro atoms. The average Bonchev–Trinajstić information content (AvgIpc) is 3.08. The number of amides is 4. The van der Waals surface area contributed by atoms with Crippen LogP contribution in [-0.4, -0.2) is 52.8 Å². The molecule has 2 heterocycles. The van der Waals surface area contributed by atoms with E-state index in [0.29, 0.717) is 35.5 Å². The highest BCUT2D eigenvalue weighted by molar-refractivity contribution is 14.1. The number of carbonyl (C=O) groups is 4. The van der Waals surface area contributed by atoms with Gasteiger partial charge in [0, 0.05) is 34.3 Å². The zero-order valence-corrected chi connectivity index (χ0v) is 21.4. The molecule has 1 saturated heterocycles. The largest absolute Gasteiger partial charge is 0.384 e. The number of aryl methyl sites for hydroxylation is 1. The van der Waals surface area contributed by atoms with E-state index in [9.17, 15) is 24.3 Å². The molecule has 0 bridgehead atoms. The van der Waals surface area contributed by atoms with E-state index >= 15 is 0 Å². The molecule has 35 heavy (non-hydrogen) atoms. The van der Waals surface area contributed by atoms with Crippen LogP contribution in [0, 0.1) is 10.5 Å². The van der Waals surface area contributed by atoms with E-state index in [4.69, 9.17) is 0 Å². The predicted octanol–water partition coefficient (Wildman–Crippen LogP) is 2.47. The topological polar surface area (TPSA) is 128 Å². The van der Waals surface area contributed by atoms with Crippen LogP contribution in [0.3, 0.4) is 0 Å². The standard InChI is InChI=1S/C25H27IN4O5/c1-14-6-4-8-16(21(14)26)22(32)28-13-3-2-12-27-17-9-5-7-15-20(17)25(35)30(24(15)34)18-10-11-19(31)29-23(18)33/h4-9,18,24,27,34H,2-3,10-13H2,1H3,(H,28,32)(H,29,31,33). The second kappa shape index (κ2) is 10.7. The molecule has 0 saturated carbocycles. The van der Waals surface area contributed by atoms with Crippen molar-refractivity contribution in [2.75, 3.05) is 18.4 Å². The summed E-state index contributed by atoms with van der Waals surface area (Å²) in [5.74, 6) is -1.49. The number of imide groups is 1. The second-order valence-corrected chi connectivity index (χ2v) is 9.73. The van der Waals surface area contributed by atoms with Gasteiger partial charge in [0.2, 0.25) is 11.8 Å². The van der Waals surface area contributed by atoms with Crippen molar-refractivity contribution >= 4 is 51.9 Å². The average molecular weight is 590 g/mol. The van der Waals surface area contributed by atoms with Gasteiger partial charge in [-0.25, -0.2) is 0 Å². The van der Waals surface area contributed by atoms with E-state index in [1.165, 1.54) is 0 Å². The minimum atomic E-state index is -1.25. The third-order valence-corrected chi connectivity index (χ3v) is 7.71.